The Morgan fingerprint density at radius 2 is 2.15 bits per heavy atom. The maximum Gasteiger partial charge on any atom is 0.193 e. The van der Waals surface area contributed by atoms with Crippen LogP contribution in [0.5, 0.6) is 0 Å². The van der Waals surface area contributed by atoms with Crippen LogP contribution < -0.4 is 0 Å². The summed E-state index contributed by atoms with van der Waals surface area (Å²) in [6.45, 7) is 3.65. The Balaban J connectivity index is 2.03. The van der Waals surface area contributed by atoms with E-state index in [4.69, 9.17) is 9.47 Å². The normalized spacial score (nSPS) is 18.2. The van der Waals surface area contributed by atoms with Crippen LogP contribution in [-0.2, 0) is 15.9 Å². The molecule has 0 spiro atoms. The Labute approximate surface area is 82.5 Å². The molecule has 0 aromatic carbocycles. The van der Waals surface area contributed by atoms with E-state index >= 15 is 0 Å². The third kappa shape index (κ3) is 2.10. The van der Waals surface area contributed by atoms with Gasteiger partial charge in [-0.25, -0.2) is 0 Å². The molecule has 1 aliphatic rings. The highest BCUT2D eigenvalue weighted by molar-refractivity contribution is 7.12. The molecule has 1 saturated heterocycles. The largest absolute Gasteiger partial charge is 0.345 e. The van der Waals surface area contributed by atoms with E-state index in [1.165, 1.54) is 16.2 Å². The zero-order valence-electron chi connectivity index (χ0n) is 7.79. The molecule has 2 rings (SSSR count). The van der Waals surface area contributed by atoms with Crippen LogP contribution in [0.1, 0.15) is 29.4 Å². The first kappa shape index (κ1) is 9.19. The zero-order valence-corrected chi connectivity index (χ0v) is 8.60. The summed E-state index contributed by atoms with van der Waals surface area (Å²) in [6, 6.07) is 4.29. The minimum Gasteiger partial charge on any atom is -0.345 e. The quantitative estimate of drug-likeness (QED) is 0.743. The van der Waals surface area contributed by atoms with Gasteiger partial charge >= 0.3 is 0 Å². The fraction of sp³-hybridized carbons (Fsp3) is 0.600. The number of rotatable bonds is 3. The van der Waals surface area contributed by atoms with Crippen LogP contribution in [0.25, 0.3) is 0 Å². The topological polar surface area (TPSA) is 18.5 Å². The molecule has 1 aliphatic heterocycles. The van der Waals surface area contributed by atoms with Gasteiger partial charge in [-0.2, -0.15) is 0 Å². The summed E-state index contributed by atoms with van der Waals surface area (Å²) in [6.07, 6.45) is 2.28. The molecule has 0 amide bonds. The molecule has 0 saturated carbocycles. The van der Waals surface area contributed by atoms with E-state index in [-0.39, 0.29) is 6.29 Å². The highest BCUT2D eigenvalue weighted by Crippen LogP contribution is 2.29. The van der Waals surface area contributed by atoms with Gasteiger partial charge in [0, 0.05) is 4.88 Å². The van der Waals surface area contributed by atoms with Crippen molar-refractivity contribution in [3.05, 3.63) is 21.9 Å². The maximum atomic E-state index is 5.42. The molecule has 1 fully saturated rings. The lowest BCUT2D eigenvalue weighted by atomic mass is 10.3. The van der Waals surface area contributed by atoms with Crippen molar-refractivity contribution >= 4 is 11.3 Å². The molecule has 72 valence electrons. The van der Waals surface area contributed by atoms with Crippen LogP contribution >= 0.6 is 11.3 Å². The molecule has 0 N–H and O–H groups in total. The molecule has 1 aromatic heterocycles. The van der Waals surface area contributed by atoms with E-state index in [1.54, 1.807) is 11.3 Å². The molecular weight excluding hydrogens is 184 g/mol. The summed E-state index contributed by atoms with van der Waals surface area (Å²) in [4.78, 5) is 2.64. The van der Waals surface area contributed by atoms with Crippen LogP contribution in [0, 0.1) is 0 Å². The van der Waals surface area contributed by atoms with Crippen LogP contribution in [-0.4, -0.2) is 13.2 Å². The fourth-order valence-electron chi connectivity index (χ4n) is 1.42. The summed E-state index contributed by atoms with van der Waals surface area (Å²) >= 11 is 1.80. The van der Waals surface area contributed by atoms with Gasteiger partial charge in [0.2, 0.25) is 0 Å². The number of ether oxygens (including phenoxy) is 2. The van der Waals surface area contributed by atoms with Gasteiger partial charge in [-0.05, 0) is 18.6 Å². The Kier molecular flexibility index (Phi) is 2.98. The first-order chi connectivity index (χ1) is 6.40. The Hall–Kier alpha value is -0.380. The number of hydrogen-bond acceptors (Lipinski definition) is 3. The summed E-state index contributed by atoms with van der Waals surface area (Å²) in [5.74, 6) is 0. The highest BCUT2D eigenvalue weighted by Gasteiger charge is 2.19. The molecule has 13 heavy (non-hydrogen) atoms. The first-order valence-corrected chi connectivity index (χ1v) is 5.53. The predicted molar refractivity (Wildman–Crippen MR) is 53.0 cm³/mol. The Morgan fingerprint density at radius 3 is 2.85 bits per heavy atom. The van der Waals surface area contributed by atoms with Crippen LogP contribution in [0.4, 0.5) is 0 Å². The molecule has 0 bridgehead atoms. The monoisotopic (exact) mass is 198 g/mol. The van der Waals surface area contributed by atoms with Crippen molar-refractivity contribution in [2.45, 2.75) is 26.1 Å². The third-order valence-corrected chi connectivity index (χ3v) is 3.20. The molecule has 0 aliphatic carbocycles. The lowest BCUT2D eigenvalue weighted by Gasteiger charge is -2.04. The fourth-order valence-corrected chi connectivity index (χ4v) is 2.54. The van der Waals surface area contributed by atoms with E-state index in [9.17, 15) is 0 Å². The van der Waals surface area contributed by atoms with Crippen LogP contribution in [0.3, 0.4) is 0 Å². The number of hydrogen-bond donors (Lipinski definition) is 0. The summed E-state index contributed by atoms with van der Waals surface area (Å²) in [5, 5.41) is 0. The average Bonchev–Trinajstić information content (AvgIpc) is 2.70. The second-order valence-electron chi connectivity index (χ2n) is 3.13. The van der Waals surface area contributed by atoms with E-state index in [0.717, 1.165) is 19.6 Å². The first-order valence-electron chi connectivity index (χ1n) is 4.72. The average molecular weight is 198 g/mol. The number of thiophene rings is 1. The van der Waals surface area contributed by atoms with Gasteiger partial charge in [-0.15, -0.1) is 11.3 Å². The van der Waals surface area contributed by atoms with Gasteiger partial charge < -0.3 is 9.47 Å². The van der Waals surface area contributed by atoms with Crippen molar-refractivity contribution in [2.75, 3.05) is 13.2 Å². The van der Waals surface area contributed by atoms with Crippen LogP contribution in [0.2, 0.25) is 0 Å². The second-order valence-corrected chi connectivity index (χ2v) is 4.33. The molecule has 1 aromatic rings. The van der Waals surface area contributed by atoms with E-state index in [1.807, 2.05) is 0 Å². The van der Waals surface area contributed by atoms with E-state index < -0.39 is 0 Å². The minimum absolute atomic E-state index is 0.0874. The Bertz CT molecular complexity index is 264. The van der Waals surface area contributed by atoms with Gasteiger partial charge in [0.1, 0.15) is 0 Å². The lowest BCUT2D eigenvalue weighted by molar-refractivity contribution is -0.0413. The van der Waals surface area contributed by atoms with Gasteiger partial charge in [0.25, 0.3) is 0 Å². The SMILES string of the molecule is CCCc1ccc(C2OCCO2)s1. The van der Waals surface area contributed by atoms with Crippen molar-refractivity contribution in [1.29, 1.82) is 0 Å². The number of aryl methyl sites for hydroxylation is 1. The van der Waals surface area contributed by atoms with Gasteiger partial charge in [0.05, 0.1) is 18.1 Å². The lowest BCUT2D eigenvalue weighted by Crippen LogP contribution is -1.93. The molecule has 0 atom stereocenters. The summed E-state index contributed by atoms with van der Waals surface area (Å²) < 4.78 is 10.8. The van der Waals surface area contributed by atoms with Crippen molar-refractivity contribution in [3.8, 4) is 0 Å². The molecule has 2 heterocycles. The minimum atomic E-state index is -0.0874. The summed E-state index contributed by atoms with van der Waals surface area (Å²) in [7, 11) is 0. The van der Waals surface area contributed by atoms with Crippen LogP contribution in [0.15, 0.2) is 12.1 Å². The van der Waals surface area contributed by atoms with E-state index in [0.29, 0.717) is 0 Å². The van der Waals surface area contributed by atoms with Crippen molar-refractivity contribution in [3.63, 3.8) is 0 Å². The molecule has 0 unspecified atom stereocenters. The van der Waals surface area contributed by atoms with E-state index in [2.05, 4.69) is 19.1 Å². The zero-order chi connectivity index (χ0) is 9.10. The molecule has 3 heteroatoms. The van der Waals surface area contributed by atoms with Gasteiger partial charge in [0.15, 0.2) is 6.29 Å². The molecular formula is C10H14O2S. The standard InChI is InChI=1S/C10H14O2S/c1-2-3-8-4-5-9(13-8)10-11-6-7-12-10/h4-5,10H,2-3,6-7H2,1H3. The highest BCUT2D eigenvalue weighted by atomic mass is 32.1. The smallest absolute Gasteiger partial charge is 0.193 e. The molecule has 0 radical (unpaired) electrons. The molecule has 2 nitrogen and oxygen atoms in total. The Morgan fingerprint density at radius 1 is 1.38 bits per heavy atom. The summed E-state index contributed by atoms with van der Waals surface area (Å²) in [5.41, 5.74) is 0. The van der Waals surface area contributed by atoms with Crippen molar-refractivity contribution in [2.24, 2.45) is 0 Å². The van der Waals surface area contributed by atoms with Gasteiger partial charge in [-0.1, -0.05) is 13.3 Å². The van der Waals surface area contributed by atoms with Crippen molar-refractivity contribution in [1.82, 2.24) is 0 Å². The maximum absolute atomic E-state index is 5.42. The van der Waals surface area contributed by atoms with Gasteiger partial charge in [-0.3, -0.25) is 0 Å². The second kappa shape index (κ2) is 4.22. The third-order valence-electron chi connectivity index (χ3n) is 2.03. The van der Waals surface area contributed by atoms with Crippen molar-refractivity contribution < 1.29 is 9.47 Å². The predicted octanol–water partition coefficient (Wildman–Crippen LogP) is 2.75.